The molecule has 8 heteroatoms. The van der Waals surface area contributed by atoms with E-state index in [1.54, 1.807) is 6.20 Å². The average Bonchev–Trinajstić information content (AvgIpc) is 3.25. The Hall–Kier alpha value is -3.62. The number of fused-ring (bicyclic) bond motifs is 1. The molecule has 6 aromatic carbocycles. The Balaban J connectivity index is 0.000000303. The minimum absolute atomic E-state index is 0.0662. The van der Waals surface area contributed by atoms with E-state index in [1.165, 1.54) is 21.7 Å². The number of hydrogen-bond donors (Lipinski definition) is 0. The molecule has 0 radical (unpaired) electrons. The minimum atomic E-state index is -0.226. The third-order valence-electron chi connectivity index (χ3n) is 9.69. The second-order valence-corrected chi connectivity index (χ2v) is 19.4. The van der Waals surface area contributed by atoms with Gasteiger partial charge in [0, 0.05) is 22.7 Å². The summed E-state index contributed by atoms with van der Waals surface area (Å²) in [5.41, 5.74) is 10.2. The van der Waals surface area contributed by atoms with Crippen LogP contribution in [0.2, 0.25) is 0 Å². The van der Waals surface area contributed by atoms with E-state index in [-0.39, 0.29) is 33.7 Å². The molecular weight excluding hydrogens is 954 g/mol. The van der Waals surface area contributed by atoms with E-state index < -0.39 is 0 Å². The zero-order chi connectivity index (χ0) is 42.2. The van der Waals surface area contributed by atoms with Gasteiger partial charge in [0.2, 0.25) is 0 Å². The number of aliphatic imine (C=N–C) groups is 1. The maximum atomic E-state index is 13.2. The molecule has 58 heavy (non-hydrogen) atoms. The fourth-order valence-corrected chi connectivity index (χ4v) is 7.45. The number of rotatable bonds is 8. The Kier molecular flexibility index (Phi) is 19.3. The Bertz CT molecular complexity index is 2290. The molecule has 7 aromatic rings. The first-order valence-corrected chi connectivity index (χ1v) is 28.4. The summed E-state index contributed by atoms with van der Waals surface area (Å²) in [7, 11) is 0.209. The molecule has 0 N–H and O–H groups in total. The number of hydrogen-bond acceptors (Lipinski definition) is 4. The quantitative estimate of drug-likeness (QED) is 0.0501. The first-order chi connectivity index (χ1) is 27.9. The first-order valence-electron chi connectivity index (χ1n) is 19.3. The first kappa shape index (κ1) is 47.1. The molecule has 0 aliphatic rings. The Morgan fingerprint density at radius 2 is 1.00 bits per heavy atom. The van der Waals surface area contributed by atoms with E-state index >= 15 is 0 Å². The summed E-state index contributed by atoms with van der Waals surface area (Å²) in [6.45, 7) is 19.4. The van der Waals surface area contributed by atoms with Gasteiger partial charge in [-0.3, -0.25) is 9.98 Å². The molecule has 1 atom stereocenters. The molecule has 0 fully saturated rings. The Morgan fingerprint density at radius 3 is 1.43 bits per heavy atom. The predicted molar refractivity (Wildman–Crippen MR) is 260 cm³/mol. The van der Waals surface area contributed by atoms with Crippen LogP contribution < -0.4 is 15.7 Å². The van der Waals surface area contributed by atoms with Crippen LogP contribution in [0.1, 0.15) is 37.5 Å². The van der Waals surface area contributed by atoms with Crippen LogP contribution in [0, 0.1) is 19.8 Å². The van der Waals surface area contributed by atoms with E-state index in [9.17, 15) is 5.11 Å². The van der Waals surface area contributed by atoms with Crippen LogP contribution in [0.4, 0.5) is 0 Å². The van der Waals surface area contributed by atoms with Gasteiger partial charge in [-0.15, -0.1) is 0 Å². The summed E-state index contributed by atoms with van der Waals surface area (Å²) < 4.78 is 0. The van der Waals surface area contributed by atoms with Crippen molar-refractivity contribution in [2.75, 3.05) is 26.7 Å². The van der Waals surface area contributed by atoms with Gasteiger partial charge in [-0.1, -0.05) is 186 Å². The van der Waals surface area contributed by atoms with Crippen molar-refractivity contribution in [3.63, 3.8) is 0 Å². The van der Waals surface area contributed by atoms with E-state index in [1.807, 2.05) is 50.7 Å². The van der Waals surface area contributed by atoms with Gasteiger partial charge >= 0.3 is 35.1 Å². The van der Waals surface area contributed by atoms with E-state index in [4.69, 9.17) is 9.97 Å². The topological polar surface area (TPSA) is 61.2 Å². The summed E-state index contributed by atoms with van der Waals surface area (Å²) in [5.74, 6) is 0.0553. The molecule has 0 aliphatic heterocycles. The second kappa shape index (κ2) is 23.8. The van der Waals surface area contributed by atoms with Crippen molar-refractivity contribution in [3.8, 4) is 33.5 Å². The molecule has 0 saturated carbocycles. The van der Waals surface area contributed by atoms with Crippen LogP contribution in [-0.2, 0) is 15.6 Å². The Labute approximate surface area is 371 Å². The van der Waals surface area contributed by atoms with Gasteiger partial charge in [0.05, 0.1) is 22.9 Å². The van der Waals surface area contributed by atoms with Crippen molar-refractivity contribution in [2.45, 2.75) is 40.7 Å². The fraction of sp³-hybridized carbons (Fsp3) is 0.220. The molecule has 1 aromatic heterocycles. The zero-order valence-electron chi connectivity index (χ0n) is 34.9. The van der Waals surface area contributed by atoms with Crippen molar-refractivity contribution < 1.29 is 20.7 Å². The van der Waals surface area contributed by atoms with Gasteiger partial charge < -0.3 is 5.11 Å². The fourth-order valence-electron chi connectivity index (χ4n) is 5.91. The van der Waals surface area contributed by atoms with Crippen LogP contribution in [0.5, 0.6) is 0 Å². The van der Waals surface area contributed by atoms with Crippen LogP contribution in [-0.4, -0.2) is 48.6 Å². The average molecular weight is 1010 g/mol. The summed E-state index contributed by atoms with van der Waals surface area (Å²) >= 11 is 4.72. The summed E-state index contributed by atoms with van der Waals surface area (Å²) in [4.78, 5) is 14.5. The molecule has 0 amide bonds. The van der Waals surface area contributed by atoms with Crippen LogP contribution in [0.25, 0.3) is 44.5 Å². The number of aromatic nitrogens is 2. The van der Waals surface area contributed by atoms with E-state index in [2.05, 4.69) is 196 Å². The van der Waals surface area contributed by atoms with Crippen molar-refractivity contribution in [1.29, 1.82) is 0 Å². The van der Waals surface area contributed by atoms with Gasteiger partial charge in [-0.25, -0.2) is 4.98 Å². The third kappa shape index (κ3) is 13.5. The number of benzene rings is 6. The SMILES string of the molecule is CP(C)c1ccccc1.CP(C)c1ccccc1.Cc1ccc(-c2ccc(-c3ccc(C)cc3)c3nc(-c4ccccc4C([O-])=N[C@@H](C)C(C)C)cnc23)cc1.[Pd+][I]. The molecule has 0 aliphatic carbocycles. The van der Waals surface area contributed by atoms with Crippen molar-refractivity contribution in [3.05, 3.63) is 168 Å². The van der Waals surface area contributed by atoms with Crippen molar-refractivity contribution in [2.24, 2.45) is 10.9 Å². The molecule has 4 nitrogen and oxygen atoms in total. The maximum absolute atomic E-state index is 13.2. The standard InChI is InChI=1S/C34H33N3O.2C8H11P.HI.Pd/c1-21(2)24(5)36-34(38)30-9-7-6-8-29(30)31-20-35-32-27(25-14-10-22(3)11-15-25)18-19-28(33(32)37-31)26-16-12-23(4)13-17-26;2*1-9(2)8-6-4-3-5-7-8;;/h6-21,24H,1-5H3,(H,36,38);2*3-7H,1-2H3;1H;/q;;;;+2/p-2/t24-;;;;/m0..../s1. The monoisotopic (exact) mass is 1010 g/mol. The number of aryl methyl sites for hydroxylation is 2. The van der Waals surface area contributed by atoms with Crippen LogP contribution in [0.15, 0.2) is 157 Å². The van der Waals surface area contributed by atoms with Gasteiger partial charge in [-0.2, -0.15) is 0 Å². The summed E-state index contributed by atoms with van der Waals surface area (Å²) in [6, 6.07) is 49.9. The normalized spacial score (nSPS) is 11.6. The molecule has 0 bridgehead atoms. The van der Waals surface area contributed by atoms with Crippen LogP contribution in [0.3, 0.4) is 0 Å². The molecule has 1 heterocycles. The van der Waals surface area contributed by atoms with E-state index in [0.29, 0.717) is 11.3 Å². The van der Waals surface area contributed by atoms with Gasteiger partial charge in [0.25, 0.3) is 0 Å². The molecule has 0 unspecified atom stereocenters. The second-order valence-electron chi connectivity index (χ2n) is 14.8. The molecule has 0 saturated heterocycles. The van der Waals surface area contributed by atoms with E-state index in [0.717, 1.165) is 38.9 Å². The molecule has 0 spiro atoms. The predicted octanol–water partition coefficient (Wildman–Crippen LogP) is 12.4. The van der Waals surface area contributed by atoms with Gasteiger partial charge in [0.1, 0.15) is 0 Å². The third-order valence-corrected chi connectivity index (χ3v) is 12.4. The van der Waals surface area contributed by atoms with Crippen molar-refractivity contribution in [1.82, 2.24) is 9.97 Å². The van der Waals surface area contributed by atoms with Crippen molar-refractivity contribution >= 4 is 62.9 Å². The summed E-state index contributed by atoms with van der Waals surface area (Å²) in [5, 5.41) is 16.1. The number of halogens is 1. The zero-order valence-corrected chi connectivity index (χ0v) is 40.4. The van der Waals surface area contributed by atoms with Gasteiger partial charge in [0.15, 0.2) is 0 Å². The molecule has 302 valence electrons. The van der Waals surface area contributed by atoms with Gasteiger partial charge in [-0.05, 0) is 86.5 Å². The molecule has 7 rings (SSSR count). The van der Waals surface area contributed by atoms with Crippen LogP contribution >= 0.6 is 35.4 Å². The number of nitrogens with zero attached hydrogens (tertiary/aromatic N) is 3. The summed E-state index contributed by atoms with van der Waals surface area (Å²) in [6.07, 6.45) is 1.77. The molecular formula is C50H54IN3OP2Pd. The Morgan fingerprint density at radius 1 is 0.569 bits per heavy atom.